The zero-order valence-corrected chi connectivity index (χ0v) is 9.56. The Balaban J connectivity index is 2.46. The van der Waals surface area contributed by atoms with Crippen LogP contribution in [0.15, 0.2) is 17.5 Å². The maximum Gasteiger partial charge on any atom is 0.180 e. The first-order valence-electron chi connectivity index (χ1n) is 5.12. The largest absolute Gasteiger partial charge is 0.356 e. The zero-order chi connectivity index (χ0) is 11.5. The molecule has 5 heteroatoms. The average molecular weight is 217 g/mol. The van der Waals surface area contributed by atoms with Crippen molar-refractivity contribution in [2.45, 2.75) is 27.3 Å². The van der Waals surface area contributed by atoms with Crippen molar-refractivity contribution < 1.29 is 4.84 Å². The van der Waals surface area contributed by atoms with E-state index in [0.717, 1.165) is 23.3 Å². The van der Waals surface area contributed by atoms with Crippen LogP contribution in [0.5, 0.6) is 5.75 Å². The third-order valence-corrected chi connectivity index (χ3v) is 2.06. The fourth-order valence-corrected chi connectivity index (χ4v) is 1.35. The second kappa shape index (κ2) is 4.30. The predicted octanol–water partition coefficient (Wildman–Crippen LogP) is 2.03. The van der Waals surface area contributed by atoms with Gasteiger partial charge in [-0.2, -0.15) is 5.10 Å². The summed E-state index contributed by atoms with van der Waals surface area (Å²) in [7, 11) is 0. The van der Waals surface area contributed by atoms with Gasteiger partial charge in [-0.25, -0.2) is 9.67 Å². The Bertz CT molecular complexity index is 526. The van der Waals surface area contributed by atoms with E-state index in [-0.39, 0.29) is 0 Å². The molecule has 83 valence electrons. The lowest BCUT2D eigenvalue weighted by Gasteiger charge is -2.00. The van der Waals surface area contributed by atoms with Gasteiger partial charge in [-0.1, -0.05) is 5.16 Å². The van der Waals surface area contributed by atoms with Gasteiger partial charge in [-0.3, -0.25) is 0 Å². The van der Waals surface area contributed by atoms with Gasteiger partial charge in [0, 0.05) is 12.7 Å². The molecule has 0 aliphatic heterocycles. The van der Waals surface area contributed by atoms with Gasteiger partial charge < -0.3 is 4.84 Å². The number of hydrogen-bond donors (Lipinski definition) is 0. The van der Waals surface area contributed by atoms with Gasteiger partial charge in [-0.05, 0) is 20.8 Å². The Morgan fingerprint density at radius 1 is 1.56 bits per heavy atom. The van der Waals surface area contributed by atoms with E-state index in [2.05, 4.69) is 21.3 Å². The summed E-state index contributed by atoms with van der Waals surface area (Å²) in [6, 6.07) is 2.91. The monoisotopic (exact) mass is 217 g/mol. The Kier molecular flexibility index (Phi) is 2.85. The maximum absolute atomic E-state index is 5.28. The molecule has 0 aromatic carbocycles. The van der Waals surface area contributed by atoms with Crippen LogP contribution in [0, 0.1) is 6.07 Å². The molecule has 0 atom stereocenters. The van der Waals surface area contributed by atoms with Crippen LogP contribution in [0.2, 0.25) is 0 Å². The number of nitrogens with zero attached hydrogens (tertiary/aromatic N) is 4. The summed E-state index contributed by atoms with van der Waals surface area (Å²) in [6.45, 7) is 6.53. The van der Waals surface area contributed by atoms with E-state index in [0.29, 0.717) is 5.75 Å². The first-order chi connectivity index (χ1) is 7.72. The SMILES string of the molecule is CCn1ncc2c(ON=C(C)C)[c]cnc21. The Morgan fingerprint density at radius 3 is 3.06 bits per heavy atom. The molecule has 0 bridgehead atoms. The van der Waals surface area contributed by atoms with Crippen molar-refractivity contribution in [2.75, 3.05) is 0 Å². The van der Waals surface area contributed by atoms with E-state index in [1.807, 2.05) is 20.8 Å². The second-order valence-corrected chi connectivity index (χ2v) is 3.56. The number of pyridine rings is 1. The molecule has 2 aromatic rings. The topological polar surface area (TPSA) is 52.3 Å². The molecule has 2 aromatic heterocycles. The number of hydrogen-bond acceptors (Lipinski definition) is 4. The smallest absolute Gasteiger partial charge is 0.180 e. The summed E-state index contributed by atoms with van der Waals surface area (Å²) in [5.74, 6) is 0.561. The van der Waals surface area contributed by atoms with Crippen LogP contribution >= 0.6 is 0 Å². The lowest BCUT2D eigenvalue weighted by Crippen LogP contribution is -1.97. The lowest BCUT2D eigenvalue weighted by atomic mass is 10.3. The van der Waals surface area contributed by atoms with Crippen LogP contribution in [-0.4, -0.2) is 20.5 Å². The number of aromatic nitrogens is 3. The van der Waals surface area contributed by atoms with E-state index in [1.165, 1.54) is 0 Å². The molecule has 2 heterocycles. The average Bonchev–Trinajstić information content (AvgIpc) is 2.69. The van der Waals surface area contributed by atoms with Crippen LogP contribution in [0.25, 0.3) is 11.0 Å². The molecule has 0 saturated heterocycles. The third-order valence-electron chi connectivity index (χ3n) is 2.06. The highest BCUT2D eigenvalue weighted by atomic mass is 16.6. The highest BCUT2D eigenvalue weighted by Gasteiger charge is 2.08. The number of oxime groups is 1. The molecular weight excluding hydrogens is 204 g/mol. The molecule has 0 unspecified atom stereocenters. The Hall–Kier alpha value is -1.91. The van der Waals surface area contributed by atoms with Crippen molar-refractivity contribution in [1.82, 2.24) is 14.8 Å². The van der Waals surface area contributed by atoms with Gasteiger partial charge in [0.1, 0.15) is 0 Å². The molecule has 0 aliphatic carbocycles. The summed E-state index contributed by atoms with van der Waals surface area (Å²) >= 11 is 0. The van der Waals surface area contributed by atoms with E-state index in [9.17, 15) is 0 Å². The quantitative estimate of drug-likeness (QED) is 0.584. The number of fused-ring (bicyclic) bond motifs is 1. The van der Waals surface area contributed by atoms with Crippen LogP contribution in [0.1, 0.15) is 20.8 Å². The fraction of sp³-hybridized carbons (Fsp3) is 0.364. The molecule has 16 heavy (non-hydrogen) atoms. The second-order valence-electron chi connectivity index (χ2n) is 3.56. The third kappa shape index (κ3) is 1.88. The first kappa shape index (κ1) is 10.6. The molecule has 0 spiro atoms. The van der Waals surface area contributed by atoms with Crippen molar-refractivity contribution in [2.24, 2.45) is 5.16 Å². The van der Waals surface area contributed by atoms with Crippen LogP contribution in [-0.2, 0) is 6.54 Å². The number of rotatable bonds is 3. The highest BCUT2D eigenvalue weighted by Crippen LogP contribution is 2.22. The molecule has 0 aliphatic rings. The van der Waals surface area contributed by atoms with Crippen molar-refractivity contribution in [1.29, 1.82) is 0 Å². The van der Waals surface area contributed by atoms with Gasteiger partial charge >= 0.3 is 0 Å². The normalized spacial score (nSPS) is 10.4. The van der Waals surface area contributed by atoms with Crippen molar-refractivity contribution >= 4 is 16.7 Å². The maximum atomic E-state index is 5.28. The minimum absolute atomic E-state index is 0.561. The molecule has 2 rings (SSSR count). The van der Waals surface area contributed by atoms with Gasteiger partial charge in [0.15, 0.2) is 11.4 Å². The van der Waals surface area contributed by atoms with E-state index < -0.39 is 0 Å². The van der Waals surface area contributed by atoms with Crippen molar-refractivity contribution in [3.05, 3.63) is 18.5 Å². The van der Waals surface area contributed by atoms with Crippen LogP contribution in [0.3, 0.4) is 0 Å². The van der Waals surface area contributed by atoms with Crippen LogP contribution < -0.4 is 4.84 Å². The van der Waals surface area contributed by atoms with Gasteiger partial charge in [0.25, 0.3) is 0 Å². The minimum Gasteiger partial charge on any atom is -0.356 e. The van der Waals surface area contributed by atoms with Gasteiger partial charge in [0.2, 0.25) is 0 Å². The van der Waals surface area contributed by atoms with E-state index >= 15 is 0 Å². The summed E-state index contributed by atoms with van der Waals surface area (Å²) < 4.78 is 1.80. The van der Waals surface area contributed by atoms with Crippen molar-refractivity contribution in [3.63, 3.8) is 0 Å². The first-order valence-corrected chi connectivity index (χ1v) is 5.12. The molecule has 0 amide bonds. The molecule has 5 nitrogen and oxygen atoms in total. The predicted molar refractivity (Wildman–Crippen MR) is 61.4 cm³/mol. The summed E-state index contributed by atoms with van der Waals surface area (Å²) in [5, 5.41) is 8.94. The fourth-order valence-electron chi connectivity index (χ4n) is 1.35. The van der Waals surface area contributed by atoms with Crippen molar-refractivity contribution in [3.8, 4) is 5.75 Å². The molecular formula is C11H13N4O. The number of aryl methyl sites for hydroxylation is 1. The summed E-state index contributed by atoms with van der Waals surface area (Å²) in [4.78, 5) is 9.49. The summed E-state index contributed by atoms with van der Waals surface area (Å²) in [6.07, 6.45) is 3.30. The molecule has 0 fully saturated rings. The van der Waals surface area contributed by atoms with Crippen LogP contribution in [0.4, 0.5) is 0 Å². The van der Waals surface area contributed by atoms with E-state index in [4.69, 9.17) is 4.84 Å². The minimum atomic E-state index is 0.561. The summed E-state index contributed by atoms with van der Waals surface area (Å²) in [5.41, 5.74) is 1.64. The highest BCUT2D eigenvalue weighted by molar-refractivity contribution is 5.82. The standard InChI is InChI=1S/C11H13N4O/c1-4-15-11-9(7-13-15)10(5-6-12-11)16-14-8(2)3/h6-7H,4H2,1-3H3. The Labute approximate surface area is 93.7 Å². The van der Waals surface area contributed by atoms with Gasteiger partial charge in [0.05, 0.1) is 23.4 Å². The van der Waals surface area contributed by atoms with Gasteiger partial charge in [-0.15, -0.1) is 0 Å². The zero-order valence-electron chi connectivity index (χ0n) is 9.56. The molecule has 0 N–H and O–H groups in total. The lowest BCUT2D eigenvalue weighted by molar-refractivity contribution is 0.344. The molecule has 1 radical (unpaired) electrons. The molecule has 0 saturated carbocycles. The Morgan fingerprint density at radius 2 is 2.38 bits per heavy atom. The van der Waals surface area contributed by atoms with E-state index in [1.54, 1.807) is 17.1 Å².